The van der Waals surface area contributed by atoms with E-state index in [4.69, 9.17) is 9.47 Å². The molecule has 5 nitrogen and oxygen atoms in total. The summed E-state index contributed by atoms with van der Waals surface area (Å²) >= 11 is 0. The number of quaternary nitrogens is 1. The summed E-state index contributed by atoms with van der Waals surface area (Å²) in [5.74, 6) is 1.69. The number of nitrogens with one attached hydrogen (secondary N) is 2. The van der Waals surface area contributed by atoms with Crippen molar-refractivity contribution in [2.75, 3.05) is 27.8 Å². The topological polar surface area (TPSA) is 52.0 Å². The predicted molar refractivity (Wildman–Crippen MR) is 112 cm³/mol. The van der Waals surface area contributed by atoms with Gasteiger partial charge in [0.15, 0.2) is 11.5 Å². The van der Waals surface area contributed by atoms with Gasteiger partial charge in [0.2, 0.25) is 0 Å². The molecule has 1 amide bonds. The number of benzene rings is 2. The number of carbonyl (C=O) groups excluding carboxylic acids is 1. The summed E-state index contributed by atoms with van der Waals surface area (Å²) in [4.78, 5) is 14.0. The summed E-state index contributed by atoms with van der Waals surface area (Å²) < 4.78 is 11.2. The molecule has 0 radical (unpaired) electrons. The van der Waals surface area contributed by atoms with Crippen LogP contribution in [0.3, 0.4) is 0 Å². The van der Waals surface area contributed by atoms with Crippen molar-refractivity contribution >= 4 is 5.91 Å². The molecule has 0 unspecified atom stereocenters. The van der Waals surface area contributed by atoms with Gasteiger partial charge in [0.05, 0.1) is 27.8 Å². The molecule has 2 N–H and O–H groups in total. The molecule has 152 valence electrons. The summed E-state index contributed by atoms with van der Waals surface area (Å²) in [5.41, 5.74) is 2.94. The number of hydrogen-bond donors (Lipinski definition) is 2. The van der Waals surface area contributed by atoms with Gasteiger partial charge in [0.1, 0.15) is 6.54 Å². The smallest absolute Gasteiger partial charge is 0.251 e. The minimum absolute atomic E-state index is 0.126. The monoisotopic (exact) mass is 385 g/mol. The van der Waals surface area contributed by atoms with Crippen LogP contribution in [0.4, 0.5) is 0 Å². The summed E-state index contributed by atoms with van der Waals surface area (Å²) in [6.07, 6.45) is 0.972. The Morgan fingerprint density at radius 2 is 1.79 bits per heavy atom. The molecule has 0 aliphatic carbocycles. The van der Waals surface area contributed by atoms with Gasteiger partial charge in [-0.15, -0.1) is 0 Å². The molecular formula is C23H33N2O3+. The average molecular weight is 386 g/mol. The fourth-order valence-corrected chi connectivity index (χ4v) is 2.89. The Morgan fingerprint density at radius 1 is 1.07 bits per heavy atom. The fourth-order valence-electron chi connectivity index (χ4n) is 2.89. The molecule has 0 fully saturated rings. The van der Waals surface area contributed by atoms with Gasteiger partial charge in [-0.2, -0.15) is 0 Å². The Morgan fingerprint density at radius 3 is 2.43 bits per heavy atom. The lowest BCUT2D eigenvalue weighted by Crippen LogP contribution is -3.04. The van der Waals surface area contributed by atoms with Crippen LogP contribution in [0.2, 0.25) is 0 Å². The third kappa shape index (κ3) is 6.57. The average Bonchev–Trinajstić information content (AvgIpc) is 2.66. The van der Waals surface area contributed by atoms with E-state index in [1.54, 1.807) is 25.3 Å². The molecular weight excluding hydrogens is 352 g/mol. The van der Waals surface area contributed by atoms with Crippen LogP contribution in [0, 0.1) is 5.92 Å². The van der Waals surface area contributed by atoms with E-state index in [2.05, 4.69) is 45.4 Å². The quantitative estimate of drug-likeness (QED) is 0.661. The Hall–Kier alpha value is -2.53. The Balaban J connectivity index is 2.02. The van der Waals surface area contributed by atoms with Crippen molar-refractivity contribution < 1.29 is 19.2 Å². The van der Waals surface area contributed by atoms with Crippen molar-refractivity contribution in [1.29, 1.82) is 0 Å². The highest BCUT2D eigenvalue weighted by Crippen LogP contribution is 2.28. The normalized spacial score (nSPS) is 11.0. The first-order valence-corrected chi connectivity index (χ1v) is 9.85. The lowest BCUT2D eigenvalue weighted by Gasteiger charge is -2.14. The van der Waals surface area contributed by atoms with Gasteiger partial charge in [0.25, 0.3) is 5.91 Å². The number of carbonyl (C=O) groups is 1. The maximum atomic E-state index is 12.6. The van der Waals surface area contributed by atoms with E-state index >= 15 is 0 Å². The van der Waals surface area contributed by atoms with Gasteiger partial charge in [0, 0.05) is 17.7 Å². The van der Waals surface area contributed by atoms with E-state index in [-0.39, 0.29) is 5.91 Å². The molecule has 2 aromatic rings. The highest BCUT2D eigenvalue weighted by atomic mass is 16.5. The number of amides is 1. The molecule has 5 heteroatoms. The Kier molecular flexibility index (Phi) is 8.33. The third-order valence-electron chi connectivity index (χ3n) is 4.48. The van der Waals surface area contributed by atoms with Crippen molar-refractivity contribution in [3.63, 3.8) is 0 Å². The van der Waals surface area contributed by atoms with E-state index in [1.807, 2.05) is 12.1 Å². The molecule has 0 saturated carbocycles. The van der Waals surface area contributed by atoms with E-state index < -0.39 is 0 Å². The van der Waals surface area contributed by atoms with Gasteiger partial charge in [-0.05, 0) is 36.1 Å². The zero-order valence-electron chi connectivity index (χ0n) is 17.7. The Labute approximate surface area is 168 Å². The van der Waals surface area contributed by atoms with E-state index in [0.717, 1.165) is 18.5 Å². The number of methoxy groups -OCH3 is 1. The minimum atomic E-state index is -0.126. The van der Waals surface area contributed by atoms with Crippen molar-refractivity contribution in [2.24, 2.45) is 5.92 Å². The van der Waals surface area contributed by atoms with Crippen LogP contribution in [0.25, 0.3) is 0 Å². The largest absolute Gasteiger partial charge is 0.493 e. The van der Waals surface area contributed by atoms with Crippen LogP contribution < -0.4 is 19.7 Å². The van der Waals surface area contributed by atoms with E-state index in [1.165, 1.54) is 10.5 Å². The lowest BCUT2D eigenvalue weighted by atomic mass is 10.1. The van der Waals surface area contributed by atoms with Crippen LogP contribution in [-0.2, 0) is 13.1 Å². The first-order valence-electron chi connectivity index (χ1n) is 9.85. The molecule has 2 aromatic carbocycles. The maximum absolute atomic E-state index is 12.6. The molecule has 0 bridgehead atoms. The van der Waals surface area contributed by atoms with Crippen LogP contribution in [0.1, 0.15) is 41.8 Å². The molecule has 0 aromatic heterocycles. The lowest BCUT2D eigenvalue weighted by molar-refractivity contribution is -0.872. The van der Waals surface area contributed by atoms with E-state index in [9.17, 15) is 4.79 Å². The number of ether oxygens (including phenoxy) is 2. The molecule has 2 rings (SSSR count). The fraction of sp³-hybridized carbons (Fsp3) is 0.435. The molecule has 0 saturated heterocycles. The molecule has 0 aliphatic heterocycles. The van der Waals surface area contributed by atoms with E-state index in [0.29, 0.717) is 36.1 Å². The summed E-state index contributed by atoms with van der Waals surface area (Å²) in [5, 5.41) is 3.01. The standard InChI is InChI=1S/C23H32N2O3/c1-17(2)12-13-28-21-11-10-18(14-22(21)27-5)23(26)24-15-19-8-6-7-9-20(19)16-25(3)4/h6-11,14,17H,12-13,15-16H2,1-5H3,(H,24,26)/p+1. The third-order valence-corrected chi connectivity index (χ3v) is 4.48. The highest BCUT2D eigenvalue weighted by molar-refractivity contribution is 5.94. The predicted octanol–water partition coefficient (Wildman–Crippen LogP) is 2.69. The second kappa shape index (κ2) is 10.7. The zero-order chi connectivity index (χ0) is 20.5. The molecule has 0 spiro atoms. The van der Waals surface area contributed by atoms with Crippen molar-refractivity contribution in [2.45, 2.75) is 33.4 Å². The van der Waals surface area contributed by atoms with Gasteiger partial charge in [-0.25, -0.2) is 0 Å². The van der Waals surface area contributed by atoms with Crippen molar-refractivity contribution in [3.8, 4) is 11.5 Å². The van der Waals surface area contributed by atoms with Crippen LogP contribution in [-0.4, -0.2) is 33.7 Å². The van der Waals surface area contributed by atoms with Crippen LogP contribution in [0.5, 0.6) is 11.5 Å². The number of hydrogen-bond acceptors (Lipinski definition) is 3. The summed E-state index contributed by atoms with van der Waals surface area (Å²) in [7, 11) is 5.82. The minimum Gasteiger partial charge on any atom is -0.493 e. The Bertz CT molecular complexity index is 772. The summed E-state index contributed by atoms with van der Waals surface area (Å²) in [6.45, 7) is 6.36. The number of rotatable bonds is 10. The molecule has 0 heterocycles. The first-order chi connectivity index (χ1) is 13.4. The van der Waals surface area contributed by atoms with Crippen LogP contribution in [0.15, 0.2) is 42.5 Å². The van der Waals surface area contributed by atoms with Gasteiger partial charge < -0.3 is 19.7 Å². The maximum Gasteiger partial charge on any atom is 0.251 e. The van der Waals surface area contributed by atoms with Crippen molar-refractivity contribution in [3.05, 3.63) is 59.2 Å². The summed E-state index contributed by atoms with van der Waals surface area (Å²) in [6, 6.07) is 13.5. The van der Waals surface area contributed by atoms with Gasteiger partial charge >= 0.3 is 0 Å². The molecule has 0 atom stereocenters. The second-order valence-corrected chi connectivity index (χ2v) is 7.73. The van der Waals surface area contributed by atoms with Crippen LogP contribution >= 0.6 is 0 Å². The van der Waals surface area contributed by atoms with Gasteiger partial charge in [-0.1, -0.05) is 38.1 Å². The molecule has 0 aliphatic rings. The SMILES string of the molecule is COc1cc(C(=O)NCc2ccccc2C[NH+](C)C)ccc1OCCC(C)C. The second-order valence-electron chi connectivity index (χ2n) is 7.73. The highest BCUT2D eigenvalue weighted by Gasteiger charge is 2.13. The molecule has 28 heavy (non-hydrogen) atoms. The first kappa shape index (κ1) is 21.8. The van der Waals surface area contributed by atoms with Gasteiger partial charge in [-0.3, -0.25) is 4.79 Å². The zero-order valence-corrected chi connectivity index (χ0v) is 17.7. The van der Waals surface area contributed by atoms with Crippen molar-refractivity contribution in [1.82, 2.24) is 5.32 Å².